The number of carbonyl (C=O) groups is 1. The maximum Gasteiger partial charge on any atom is 0.260 e. The standard InChI is InChI=1S/C13H20N2O4/c1-9(13(16)15-6-7-17-2)19-12-8-10(18-3)4-5-11(12)14/h4-5,8-9H,6-7,14H2,1-3H3,(H,15,16). The average Bonchev–Trinajstić information content (AvgIpc) is 2.41. The van der Waals surface area contributed by atoms with E-state index in [0.717, 1.165) is 0 Å². The van der Waals surface area contributed by atoms with Gasteiger partial charge in [0, 0.05) is 19.7 Å². The fraction of sp³-hybridized carbons (Fsp3) is 0.462. The minimum atomic E-state index is -0.647. The Morgan fingerprint density at radius 2 is 2.16 bits per heavy atom. The van der Waals surface area contributed by atoms with Crippen LogP contribution in [0, 0.1) is 0 Å². The first-order valence-electron chi connectivity index (χ1n) is 5.95. The van der Waals surface area contributed by atoms with Crippen molar-refractivity contribution >= 4 is 11.6 Å². The van der Waals surface area contributed by atoms with Crippen LogP contribution in [0.25, 0.3) is 0 Å². The van der Waals surface area contributed by atoms with Gasteiger partial charge >= 0.3 is 0 Å². The zero-order chi connectivity index (χ0) is 14.3. The number of nitrogens with one attached hydrogen (secondary N) is 1. The van der Waals surface area contributed by atoms with Crippen molar-refractivity contribution in [1.82, 2.24) is 5.32 Å². The van der Waals surface area contributed by atoms with E-state index in [1.807, 2.05) is 0 Å². The second-order valence-electron chi connectivity index (χ2n) is 3.95. The molecule has 1 aromatic rings. The van der Waals surface area contributed by atoms with E-state index < -0.39 is 6.10 Å². The van der Waals surface area contributed by atoms with Crippen LogP contribution in [0.3, 0.4) is 0 Å². The lowest BCUT2D eigenvalue weighted by atomic mass is 10.2. The van der Waals surface area contributed by atoms with Crippen LogP contribution < -0.4 is 20.5 Å². The molecule has 0 aliphatic heterocycles. The molecule has 0 saturated carbocycles. The van der Waals surface area contributed by atoms with Crippen molar-refractivity contribution in [2.24, 2.45) is 0 Å². The number of benzene rings is 1. The monoisotopic (exact) mass is 268 g/mol. The van der Waals surface area contributed by atoms with Crippen LogP contribution >= 0.6 is 0 Å². The predicted octanol–water partition coefficient (Wildman–Crippen LogP) is 0.807. The smallest absolute Gasteiger partial charge is 0.260 e. The van der Waals surface area contributed by atoms with E-state index >= 15 is 0 Å². The Bertz CT molecular complexity index is 423. The highest BCUT2D eigenvalue weighted by Gasteiger charge is 2.15. The molecule has 0 saturated heterocycles. The van der Waals surface area contributed by atoms with Crippen LogP contribution in [-0.2, 0) is 9.53 Å². The normalized spacial score (nSPS) is 11.7. The number of nitrogens with two attached hydrogens (primary N) is 1. The summed E-state index contributed by atoms with van der Waals surface area (Å²) in [4.78, 5) is 11.7. The van der Waals surface area contributed by atoms with Gasteiger partial charge in [0.15, 0.2) is 6.10 Å². The SMILES string of the molecule is COCCNC(=O)C(C)Oc1cc(OC)ccc1N. The molecule has 1 amide bonds. The van der Waals surface area contributed by atoms with Crippen LogP contribution in [0.15, 0.2) is 18.2 Å². The van der Waals surface area contributed by atoms with E-state index in [4.69, 9.17) is 19.9 Å². The van der Waals surface area contributed by atoms with Crippen LogP contribution in [0.4, 0.5) is 5.69 Å². The lowest BCUT2D eigenvalue weighted by Crippen LogP contribution is -2.38. The molecule has 1 unspecified atom stereocenters. The zero-order valence-electron chi connectivity index (χ0n) is 11.4. The van der Waals surface area contributed by atoms with Crippen molar-refractivity contribution in [1.29, 1.82) is 0 Å². The maximum atomic E-state index is 11.7. The highest BCUT2D eigenvalue weighted by Crippen LogP contribution is 2.27. The van der Waals surface area contributed by atoms with Crippen molar-refractivity contribution in [2.75, 3.05) is 33.1 Å². The fourth-order valence-corrected chi connectivity index (χ4v) is 1.41. The Kier molecular flexibility index (Phi) is 5.95. The molecule has 106 valence electrons. The summed E-state index contributed by atoms with van der Waals surface area (Å²) in [7, 11) is 3.12. The molecule has 0 aliphatic carbocycles. The number of rotatable bonds is 7. The second kappa shape index (κ2) is 7.48. The molecule has 0 spiro atoms. The number of ether oxygens (including phenoxy) is 3. The number of methoxy groups -OCH3 is 2. The molecule has 0 aliphatic rings. The van der Waals surface area contributed by atoms with Gasteiger partial charge in [-0.25, -0.2) is 0 Å². The Morgan fingerprint density at radius 1 is 1.42 bits per heavy atom. The Hall–Kier alpha value is -1.95. The van der Waals surface area contributed by atoms with Gasteiger partial charge in [0.1, 0.15) is 11.5 Å². The summed E-state index contributed by atoms with van der Waals surface area (Å²) < 4.78 is 15.4. The van der Waals surface area contributed by atoms with Gasteiger partial charge in [0.25, 0.3) is 5.91 Å². The van der Waals surface area contributed by atoms with Gasteiger partial charge in [0.05, 0.1) is 19.4 Å². The summed E-state index contributed by atoms with van der Waals surface area (Å²) >= 11 is 0. The molecular weight excluding hydrogens is 248 g/mol. The average molecular weight is 268 g/mol. The Balaban J connectivity index is 2.60. The molecule has 6 heteroatoms. The van der Waals surface area contributed by atoms with Crippen LogP contribution in [0.5, 0.6) is 11.5 Å². The quantitative estimate of drug-likeness (QED) is 0.565. The summed E-state index contributed by atoms with van der Waals surface area (Å²) in [5, 5.41) is 2.69. The van der Waals surface area contributed by atoms with Crippen LogP contribution in [0.1, 0.15) is 6.92 Å². The Morgan fingerprint density at radius 3 is 2.79 bits per heavy atom. The minimum absolute atomic E-state index is 0.223. The van der Waals surface area contributed by atoms with E-state index in [2.05, 4.69) is 5.32 Å². The number of carbonyl (C=O) groups excluding carboxylic acids is 1. The van der Waals surface area contributed by atoms with E-state index in [9.17, 15) is 4.79 Å². The summed E-state index contributed by atoms with van der Waals surface area (Å²) in [6.45, 7) is 2.55. The summed E-state index contributed by atoms with van der Waals surface area (Å²) in [5.74, 6) is 0.823. The maximum absolute atomic E-state index is 11.7. The van der Waals surface area contributed by atoms with E-state index in [1.54, 1.807) is 39.3 Å². The molecule has 19 heavy (non-hydrogen) atoms. The second-order valence-corrected chi connectivity index (χ2v) is 3.95. The molecule has 3 N–H and O–H groups in total. The third-order valence-corrected chi connectivity index (χ3v) is 2.50. The molecule has 1 rings (SSSR count). The Labute approximate surface area is 112 Å². The van der Waals surface area contributed by atoms with Crippen LogP contribution in [-0.4, -0.2) is 39.4 Å². The van der Waals surface area contributed by atoms with Gasteiger partial charge in [-0.1, -0.05) is 0 Å². The number of amides is 1. The molecule has 6 nitrogen and oxygen atoms in total. The number of nitrogen functional groups attached to an aromatic ring is 1. The van der Waals surface area contributed by atoms with Crippen LogP contribution in [0.2, 0.25) is 0 Å². The molecule has 1 aromatic carbocycles. The minimum Gasteiger partial charge on any atom is -0.497 e. The largest absolute Gasteiger partial charge is 0.497 e. The third kappa shape index (κ3) is 4.67. The first kappa shape index (κ1) is 15.1. The third-order valence-electron chi connectivity index (χ3n) is 2.50. The van der Waals surface area contributed by atoms with Crippen molar-refractivity contribution < 1.29 is 19.0 Å². The summed E-state index contributed by atoms with van der Waals surface area (Å²) in [6.07, 6.45) is -0.647. The van der Waals surface area contributed by atoms with Gasteiger partial charge in [0.2, 0.25) is 0 Å². The molecule has 0 aromatic heterocycles. The van der Waals surface area contributed by atoms with Gasteiger partial charge in [-0.05, 0) is 19.1 Å². The molecule has 0 fully saturated rings. The molecular formula is C13H20N2O4. The zero-order valence-corrected chi connectivity index (χ0v) is 11.4. The van der Waals surface area contributed by atoms with Gasteiger partial charge in [-0.2, -0.15) is 0 Å². The van der Waals surface area contributed by atoms with Crippen molar-refractivity contribution in [3.8, 4) is 11.5 Å². The first-order chi connectivity index (χ1) is 9.08. The van der Waals surface area contributed by atoms with E-state index in [1.165, 1.54) is 0 Å². The summed E-state index contributed by atoms with van der Waals surface area (Å²) in [6, 6.07) is 5.05. The van der Waals surface area contributed by atoms with Crippen molar-refractivity contribution in [3.63, 3.8) is 0 Å². The fourth-order valence-electron chi connectivity index (χ4n) is 1.41. The first-order valence-corrected chi connectivity index (χ1v) is 5.95. The number of hydrogen-bond donors (Lipinski definition) is 2. The lowest BCUT2D eigenvalue weighted by molar-refractivity contribution is -0.127. The van der Waals surface area contributed by atoms with Gasteiger partial charge in [-0.15, -0.1) is 0 Å². The molecule has 0 bridgehead atoms. The number of hydrogen-bond acceptors (Lipinski definition) is 5. The molecule has 0 radical (unpaired) electrons. The topological polar surface area (TPSA) is 82.8 Å². The molecule has 0 heterocycles. The molecule has 1 atom stereocenters. The van der Waals surface area contributed by atoms with Gasteiger partial charge < -0.3 is 25.3 Å². The predicted molar refractivity (Wildman–Crippen MR) is 72.4 cm³/mol. The summed E-state index contributed by atoms with van der Waals surface area (Å²) in [5.41, 5.74) is 6.24. The lowest BCUT2D eigenvalue weighted by Gasteiger charge is -2.16. The highest BCUT2D eigenvalue weighted by atomic mass is 16.5. The van der Waals surface area contributed by atoms with Crippen molar-refractivity contribution in [2.45, 2.75) is 13.0 Å². The van der Waals surface area contributed by atoms with E-state index in [-0.39, 0.29) is 5.91 Å². The van der Waals surface area contributed by atoms with Crippen molar-refractivity contribution in [3.05, 3.63) is 18.2 Å². The van der Waals surface area contributed by atoms with E-state index in [0.29, 0.717) is 30.3 Å². The van der Waals surface area contributed by atoms with Gasteiger partial charge in [-0.3, -0.25) is 4.79 Å². The highest BCUT2D eigenvalue weighted by molar-refractivity contribution is 5.80. The number of anilines is 1.